The minimum absolute atomic E-state index is 0. The molecule has 1 aliphatic rings. The first-order valence-electron chi connectivity index (χ1n) is 13.8. The van der Waals surface area contributed by atoms with Crippen molar-refractivity contribution in [1.82, 2.24) is 21.3 Å². The molecule has 1 fully saturated rings. The second-order valence-corrected chi connectivity index (χ2v) is 9.41. The molecule has 9 heteroatoms. The predicted octanol–water partition coefficient (Wildman–Crippen LogP) is 1.54. The predicted molar refractivity (Wildman–Crippen MR) is 157 cm³/mol. The van der Waals surface area contributed by atoms with Crippen LogP contribution in [0.4, 0.5) is 0 Å². The van der Waals surface area contributed by atoms with Crippen LogP contribution in [0.25, 0.3) is 21.5 Å². The zero-order chi connectivity index (χ0) is 28.4. The summed E-state index contributed by atoms with van der Waals surface area (Å²) in [5, 5.41) is 38.7. The van der Waals surface area contributed by atoms with Crippen molar-refractivity contribution in [2.45, 2.75) is 12.8 Å². The largest absolute Gasteiger partial charge is 2.00 e. The van der Waals surface area contributed by atoms with Crippen molar-refractivity contribution in [2.75, 3.05) is 52.4 Å². The van der Waals surface area contributed by atoms with Crippen LogP contribution < -0.4 is 31.5 Å². The fourth-order valence-electron chi connectivity index (χ4n) is 4.16. The van der Waals surface area contributed by atoms with Crippen molar-refractivity contribution >= 4 is 33.5 Å². The summed E-state index contributed by atoms with van der Waals surface area (Å²) in [6.07, 6.45) is 2.44. The molecule has 0 unspecified atom stereocenters. The number of benzene rings is 4. The van der Waals surface area contributed by atoms with E-state index >= 15 is 0 Å². The van der Waals surface area contributed by atoms with Gasteiger partial charge in [0.05, 0.1) is 11.9 Å². The number of carbonyl (C=O) groups is 2. The molecule has 0 radical (unpaired) electrons. The van der Waals surface area contributed by atoms with Gasteiger partial charge in [-0.2, -0.15) is 0 Å². The Hall–Kier alpha value is -3.33. The molecule has 0 saturated carbocycles. The van der Waals surface area contributed by atoms with Gasteiger partial charge >= 0.3 is 16.5 Å². The number of nitrogens with one attached hydrogen (secondary N) is 4. The van der Waals surface area contributed by atoms with Crippen molar-refractivity contribution in [3.05, 3.63) is 96.1 Å². The molecule has 5 rings (SSSR count). The van der Waals surface area contributed by atoms with E-state index in [1.807, 2.05) is 48.5 Å². The van der Waals surface area contributed by atoms with E-state index in [9.17, 15) is 19.8 Å². The van der Waals surface area contributed by atoms with Gasteiger partial charge in [0.1, 0.15) is 0 Å². The average molecular weight is 601 g/mol. The maximum Gasteiger partial charge on any atom is 2.00 e. The molecule has 0 aliphatic carbocycles. The van der Waals surface area contributed by atoms with Gasteiger partial charge in [0.15, 0.2) is 0 Å². The summed E-state index contributed by atoms with van der Waals surface area (Å²) in [7, 11) is 0. The number of fused-ring (bicyclic) bond motifs is 2. The molecule has 0 aromatic heterocycles. The van der Waals surface area contributed by atoms with E-state index in [2.05, 4.69) is 21.3 Å². The first-order chi connectivity index (χ1) is 19.5. The van der Waals surface area contributed by atoms with Crippen LogP contribution in [0.1, 0.15) is 33.6 Å². The maximum atomic E-state index is 10.5. The molecule has 0 atom stereocenters. The number of hydrogen-bond donors (Lipinski definition) is 4. The second-order valence-electron chi connectivity index (χ2n) is 9.41. The topological polar surface area (TPSA) is 128 Å². The Labute approximate surface area is 251 Å². The fourth-order valence-corrected chi connectivity index (χ4v) is 4.16. The Bertz CT molecular complexity index is 1210. The van der Waals surface area contributed by atoms with Crippen molar-refractivity contribution in [3.63, 3.8) is 0 Å². The molecule has 41 heavy (non-hydrogen) atoms. The van der Waals surface area contributed by atoms with E-state index in [0.717, 1.165) is 73.9 Å². The van der Waals surface area contributed by atoms with Crippen molar-refractivity contribution < 1.29 is 36.3 Å². The Kier molecular flexibility index (Phi) is 16.3. The summed E-state index contributed by atoms with van der Waals surface area (Å²) in [5.74, 6) is -2.27. The Morgan fingerprint density at radius 2 is 0.780 bits per heavy atom. The standard InChI is InChI=1S/2C11H8O2.C10H24N4.Ni/c2*12-11(13)10-6-5-8-3-1-2-4-9(8)7-10;1-3-11-7-9-13-5-2-6-14-10-8-12-4-1;/h2*1-7H,(H,12,13);11-14H,1-10H2;/q;;;+2/p-2. The second kappa shape index (κ2) is 19.7. The molecule has 220 valence electrons. The van der Waals surface area contributed by atoms with Crippen molar-refractivity contribution in [3.8, 4) is 0 Å². The van der Waals surface area contributed by atoms with Gasteiger partial charge in [-0.25, -0.2) is 0 Å². The number of rotatable bonds is 2. The monoisotopic (exact) mass is 600 g/mol. The first-order valence-corrected chi connectivity index (χ1v) is 13.8. The van der Waals surface area contributed by atoms with Gasteiger partial charge in [-0.15, -0.1) is 0 Å². The van der Waals surface area contributed by atoms with Gasteiger partial charge in [0.25, 0.3) is 0 Å². The maximum absolute atomic E-state index is 10.5. The van der Waals surface area contributed by atoms with Crippen molar-refractivity contribution in [1.29, 1.82) is 0 Å². The molecule has 8 nitrogen and oxygen atoms in total. The molecule has 1 heterocycles. The summed E-state index contributed by atoms with van der Waals surface area (Å²) in [6.45, 7) is 8.87. The smallest absolute Gasteiger partial charge is 0.545 e. The Morgan fingerprint density at radius 3 is 1.10 bits per heavy atom. The van der Waals surface area contributed by atoms with Crippen LogP contribution in [0.5, 0.6) is 0 Å². The summed E-state index contributed by atoms with van der Waals surface area (Å²) in [5.41, 5.74) is 0.442. The zero-order valence-corrected chi connectivity index (χ0v) is 24.1. The summed E-state index contributed by atoms with van der Waals surface area (Å²) >= 11 is 0. The van der Waals surface area contributed by atoms with Crippen LogP contribution in [0.2, 0.25) is 0 Å². The first kappa shape index (κ1) is 33.9. The van der Waals surface area contributed by atoms with Crippen LogP contribution in [0, 0.1) is 0 Å². The SMILES string of the molecule is C1CNCCNCCCNCCNC1.O=C([O-])c1ccc2ccccc2c1.O=C([O-])c1ccc2ccccc2c1.[Ni+2]. The summed E-state index contributed by atoms with van der Waals surface area (Å²) in [6, 6.07) is 25.1. The van der Waals surface area contributed by atoms with E-state index in [-0.39, 0.29) is 27.6 Å². The van der Waals surface area contributed by atoms with Gasteiger partial charge in [0, 0.05) is 26.2 Å². The number of carboxylic acid groups (broad SMARTS) is 2. The Morgan fingerprint density at radius 1 is 0.463 bits per heavy atom. The summed E-state index contributed by atoms with van der Waals surface area (Å²) < 4.78 is 0. The normalized spacial score (nSPS) is 14.6. The number of aromatic carboxylic acids is 2. The van der Waals surface area contributed by atoms with E-state index in [1.54, 1.807) is 36.4 Å². The van der Waals surface area contributed by atoms with Crippen LogP contribution in [0.15, 0.2) is 84.9 Å². The molecule has 4 aromatic rings. The Balaban J connectivity index is 0.000000213. The van der Waals surface area contributed by atoms with E-state index in [1.165, 1.54) is 12.8 Å². The van der Waals surface area contributed by atoms with Crippen molar-refractivity contribution in [2.24, 2.45) is 0 Å². The minimum atomic E-state index is -1.13. The van der Waals surface area contributed by atoms with E-state index < -0.39 is 11.9 Å². The van der Waals surface area contributed by atoms with Crippen LogP contribution >= 0.6 is 0 Å². The molecule has 0 amide bonds. The minimum Gasteiger partial charge on any atom is -0.545 e. The van der Waals surface area contributed by atoms with Gasteiger partial charge in [-0.3, -0.25) is 0 Å². The van der Waals surface area contributed by atoms with Gasteiger partial charge < -0.3 is 41.1 Å². The average Bonchev–Trinajstić information content (AvgIpc) is 2.98. The number of carbonyl (C=O) groups excluding carboxylic acids is 2. The van der Waals surface area contributed by atoms with E-state index in [0.29, 0.717) is 0 Å². The molecule has 4 aromatic carbocycles. The van der Waals surface area contributed by atoms with Crippen LogP contribution in [-0.2, 0) is 16.5 Å². The fraction of sp³-hybridized carbons (Fsp3) is 0.312. The molecule has 0 bridgehead atoms. The summed E-state index contributed by atoms with van der Waals surface area (Å²) in [4.78, 5) is 21.1. The molecule has 1 aliphatic heterocycles. The molecule has 4 N–H and O–H groups in total. The molecule has 1 saturated heterocycles. The number of carboxylic acids is 2. The van der Waals surface area contributed by atoms with E-state index in [4.69, 9.17) is 0 Å². The third-order valence-electron chi connectivity index (χ3n) is 6.34. The third kappa shape index (κ3) is 12.8. The number of hydrogen-bond acceptors (Lipinski definition) is 8. The van der Waals surface area contributed by atoms with Gasteiger partial charge in [0.2, 0.25) is 0 Å². The molecule has 0 spiro atoms. The quantitative estimate of drug-likeness (QED) is 0.255. The molecular weight excluding hydrogens is 563 g/mol. The van der Waals surface area contributed by atoms with Crippen LogP contribution in [0.3, 0.4) is 0 Å². The molecular formula is C32H38N4NiO4. The van der Waals surface area contributed by atoms with Crippen LogP contribution in [-0.4, -0.2) is 64.3 Å². The van der Waals surface area contributed by atoms with Gasteiger partial charge in [-0.05, 0) is 83.8 Å². The zero-order valence-electron chi connectivity index (χ0n) is 23.1. The van der Waals surface area contributed by atoms with Gasteiger partial charge in [-0.1, -0.05) is 72.8 Å². The third-order valence-corrected chi connectivity index (χ3v) is 6.34.